The Balaban J connectivity index is 1.93. The van der Waals surface area contributed by atoms with Crippen molar-refractivity contribution in [2.45, 2.75) is 26.7 Å². The number of rotatable bonds is 3. The third-order valence-corrected chi connectivity index (χ3v) is 4.40. The number of nitrogens with two attached hydrogens (primary N) is 1. The summed E-state index contributed by atoms with van der Waals surface area (Å²) < 4.78 is 0. The second-order valence-electron chi connectivity index (χ2n) is 5.84. The molecule has 0 amide bonds. The number of nitrogens with zero attached hydrogens (tertiary/aromatic N) is 5. The molecule has 3 rings (SSSR count). The lowest BCUT2D eigenvalue weighted by Gasteiger charge is -2.33. The van der Waals surface area contributed by atoms with E-state index in [-0.39, 0.29) is 0 Å². The maximum Gasteiger partial charge on any atom is 0.182 e. The summed E-state index contributed by atoms with van der Waals surface area (Å²) in [5, 5.41) is 0. The molecule has 3 heterocycles. The normalized spacial score (nSPS) is 16.0. The van der Waals surface area contributed by atoms with Gasteiger partial charge < -0.3 is 10.6 Å². The second kappa shape index (κ2) is 6.36. The molecule has 0 aliphatic carbocycles. The molecular formula is C16H22N6. The van der Waals surface area contributed by atoms with Crippen molar-refractivity contribution < 1.29 is 0 Å². The third kappa shape index (κ3) is 2.92. The summed E-state index contributed by atoms with van der Waals surface area (Å²) in [5.74, 6) is 2.30. The van der Waals surface area contributed by atoms with E-state index in [1.54, 1.807) is 18.6 Å². The molecule has 2 N–H and O–H groups in total. The first-order valence-electron chi connectivity index (χ1n) is 7.75. The minimum absolute atomic E-state index is 0.638. The van der Waals surface area contributed by atoms with Gasteiger partial charge in [0.2, 0.25) is 0 Å². The van der Waals surface area contributed by atoms with Crippen LogP contribution >= 0.6 is 0 Å². The Hall–Kier alpha value is -2.08. The zero-order valence-electron chi connectivity index (χ0n) is 13.2. The molecular weight excluding hydrogens is 276 g/mol. The summed E-state index contributed by atoms with van der Waals surface area (Å²) in [6.07, 6.45) is 7.27. The molecule has 22 heavy (non-hydrogen) atoms. The predicted octanol–water partition coefficient (Wildman–Crippen LogP) is 1.73. The van der Waals surface area contributed by atoms with E-state index in [2.05, 4.69) is 26.8 Å². The fourth-order valence-corrected chi connectivity index (χ4v) is 2.83. The smallest absolute Gasteiger partial charge is 0.182 e. The van der Waals surface area contributed by atoms with Crippen molar-refractivity contribution in [2.24, 2.45) is 11.7 Å². The van der Waals surface area contributed by atoms with Crippen molar-refractivity contribution in [3.05, 3.63) is 29.8 Å². The maximum absolute atomic E-state index is 5.78. The molecule has 0 aromatic carbocycles. The molecule has 116 valence electrons. The highest BCUT2D eigenvalue weighted by Gasteiger charge is 2.22. The number of piperidine rings is 1. The van der Waals surface area contributed by atoms with E-state index >= 15 is 0 Å². The van der Waals surface area contributed by atoms with Crippen LogP contribution in [0.1, 0.15) is 24.1 Å². The quantitative estimate of drug-likeness (QED) is 0.929. The summed E-state index contributed by atoms with van der Waals surface area (Å²) in [4.78, 5) is 20.1. The summed E-state index contributed by atoms with van der Waals surface area (Å²) >= 11 is 0. The third-order valence-electron chi connectivity index (χ3n) is 4.40. The van der Waals surface area contributed by atoms with Crippen LogP contribution in [-0.2, 0) is 0 Å². The highest BCUT2D eigenvalue weighted by molar-refractivity contribution is 5.56. The van der Waals surface area contributed by atoms with Crippen LogP contribution in [0.3, 0.4) is 0 Å². The van der Waals surface area contributed by atoms with Crippen molar-refractivity contribution in [3.63, 3.8) is 0 Å². The van der Waals surface area contributed by atoms with E-state index in [0.29, 0.717) is 17.4 Å². The average Bonchev–Trinajstić information content (AvgIpc) is 2.58. The van der Waals surface area contributed by atoms with Crippen LogP contribution in [0.2, 0.25) is 0 Å². The molecule has 1 aliphatic heterocycles. The first-order valence-corrected chi connectivity index (χ1v) is 7.75. The lowest BCUT2D eigenvalue weighted by Crippen LogP contribution is -2.37. The average molecular weight is 298 g/mol. The Bertz CT molecular complexity index is 635. The van der Waals surface area contributed by atoms with Crippen LogP contribution in [0.5, 0.6) is 0 Å². The van der Waals surface area contributed by atoms with Crippen LogP contribution in [-0.4, -0.2) is 39.6 Å². The molecule has 0 radical (unpaired) electrons. The zero-order valence-corrected chi connectivity index (χ0v) is 13.2. The van der Waals surface area contributed by atoms with Crippen molar-refractivity contribution >= 4 is 5.82 Å². The number of aromatic nitrogens is 4. The fraction of sp³-hybridized carbons (Fsp3) is 0.500. The lowest BCUT2D eigenvalue weighted by molar-refractivity contribution is 0.412. The van der Waals surface area contributed by atoms with E-state index in [1.165, 1.54) is 0 Å². The van der Waals surface area contributed by atoms with E-state index in [1.807, 2.05) is 6.92 Å². The van der Waals surface area contributed by atoms with Crippen LogP contribution in [0.15, 0.2) is 18.6 Å². The van der Waals surface area contributed by atoms with E-state index in [4.69, 9.17) is 10.7 Å². The van der Waals surface area contributed by atoms with Gasteiger partial charge in [0, 0.05) is 36.7 Å². The molecule has 1 fully saturated rings. The van der Waals surface area contributed by atoms with Crippen molar-refractivity contribution in [1.82, 2.24) is 19.9 Å². The molecule has 2 aromatic heterocycles. The zero-order chi connectivity index (χ0) is 15.5. The minimum atomic E-state index is 0.638. The van der Waals surface area contributed by atoms with Gasteiger partial charge in [-0.15, -0.1) is 0 Å². The molecule has 2 aromatic rings. The fourth-order valence-electron chi connectivity index (χ4n) is 2.83. The summed E-state index contributed by atoms with van der Waals surface area (Å²) in [5.41, 5.74) is 8.62. The van der Waals surface area contributed by atoms with Gasteiger partial charge >= 0.3 is 0 Å². The van der Waals surface area contributed by atoms with Crippen LogP contribution in [0, 0.1) is 19.8 Å². The topological polar surface area (TPSA) is 80.8 Å². The summed E-state index contributed by atoms with van der Waals surface area (Å²) in [6.45, 7) is 6.88. The van der Waals surface area contributed by atoms with E-state index in [9.17, 15) is 0 Å². The Morgan fingerprint density at radius 1 is 1.18 bits per heavy atom. The van der Waals surface area contributed by atoms with Crippen LogP contribution in [0.4, 0.5) is 5.82 Å². The molecule has 0 unspecified atom stereocenters. The Morgan fingerprint density at radius 3 is 2.59 bits per heavy atom. The molecule has 0 bridgehead atoms. The van der Waals surface area contributed by atoms with E-state index < -0.39 is 0 Å². The predicted molar refractivity (Wildman–Crippen MR) is 86.5 cm³/mol. The van der Waals surface area contributed by atoms with E-state index in [0.717, 1.165) is 49.6 Å². The van der Waals surface area contributed by atoms with Gasteiger partial charge in [0.1, 0.15) is 11.5 Å². The van der Waals surface area contributed by atoms with Crippen molar-refractivity contribution in [2.75, 3.05) is 24.5 Å². The standard InChI is InChI=1S/C16H22N6/c1-11-12(2)20-15(14-10-18-5-6-19-14)21-16(11)22-7-3-13(9-17)4-8-22/h5-6,10,13H,3-4,7-9,17H2,1-2H3. The van der Waals surface area contributed by atoms with Gasteiger partial charge in [-0.05, 0) is 39.2 Å². The Labute approximate surface area is 130 Å². The monoisotopic (exact) mass is 298 g/mol. The SMILES string of the molecule is Cc1nc(-c2cnccn2)nc(N2CCC(CN)CC2)c1C. The Kier molecular flexibility index (Phi) is 4.29. The number of aryl methyl sites for hydroxylation is 1. The molecule has 0 atom stereocenters. The van der Waals surface area contributed by atoms with Gasteiger partial charge in [0.05, 0.1) is 6.20 Å². The lowest BCUT2D eigenvalue weighted by atomic mass is 9.97. The minimum Gasteiger partial charge on any atom is -0.356 e. The van der Waals surface area contributed by atoms with Gasteiger partial charge in [-0.1, -0.05) is 0 Å². The first kappa shape index (κ1) is 14.8. The van der Waals surface area contributed by atoms with Crippen molar-refractivity contribution in [1.29, 1.82) is 0 Å². The summed E-state index contributed by atoms with van der Waals surface area (Å²) in [6, 6.07) is 0. The molecule has 6 heteroatoms. The molecule has 1 aliphatic rings. The van der Waals surface area contributed by atoms with Crippen LogP contribution in [0.25, 0.3) is 11.5 Å². The van der Waals surface area contributed by atoms with Gasteiger partial charge in [-0.3, -0.25) is 4.98 Å². The maximum atomic E-state index is 5.78. The van der Waals surface area contributed by atoms with Gasteiger partial charge in [-0.25, -0.2) is 15.0 Å². The molecule has 0 saturated carbocycles. The van der Waals surface area contributed by atoms with Gasteiger partial charge in [0.25, 0.3) is 0 Å². The first-order chi connectivity index (χ1) is 10.7. The second-order valence-corrected chi connectivity index (χ2v) is 5.84. The van der Waals surface area contributed by atoms with Gasteiger partial charge in [0.15, 0.2) is 5.82 Å². The number of hydrogen-bond acceptors (Lipinski definition) is 6. The number of hydrogen-bond donors (Lipinski definition) is 1. The van der Waals surface area contributed by atoms with Crippen LogP contribution < -0.4 is 10.6 Å². The summed E-state index contributed by atoms with van der Waals surface area (Å²) in [7, 11) is 0. The highest BCUT2D eigenvalue weighted by atomic mass is 15.2. The number of anilines is 1. The van der Waals surface area contributed by atoms with Gasteiger partial charge in [-0.2, -0.15) is 0 Å². The Morgan fingerprint density at radius 2 is 1.95 bits per heavy atom. The largest absolute Gasteiger partial charge is 0.356 e. The molecule has 0 spiro atoms. The van der Waals surface area contributed by atoms with Crippen molar-refractivity contribution in [3.8, 4) is 11.5 Å². The highest BCUT2D eigenvalue weighted by Crippen LogP contribution is 2.27. The molecule has 1 saturated heterocycles. The molecule has 6 nitrogen and oxygen atoms in total.